The number of amides is 1. The first kappa shape index (κ1) is 14.1. The highest BCUT2D eigenvalue weighted by Crippen LogP contribution is 2.31. The molecular formula is C14H19NO3S. The average Bonchev–Trinajstić information content (AvgIpc) is 2.92. The molecule has 2 rings (SSSR count). The summed E-state index contributed by atoms with van der Waals surface area (Å²) in [4.78, 5) is 26.4. The van der Waals surface area contributed by atoms with Gasteiger partial charge in [0, 0.05) is 18.0 Å². The van der Waals surface area contributed by atoms with Gasteiger partial charge in [0.25, 0.3) is 0 Å². The van der Waals surface area contributed by atoms with E-state index in [1.54, 1.807) is 16.2 Å². The number of hydrogen-bond acceptors (Lipinski definition) is 3. The number of likely N-dealkylation sites (tertiary alicyclic amines) is 1. The number of piperidine rings is 1. The van der Waals surface area contributed by atoms with E-state index in [0.717, 1.165) is 11.3 Å². The van der Waals surface area contributed by atoms with E-state index >= 15 is 0 Å². The third-order valence-electron chi connectivity index (χ3n) is 3.73. The first-order valence-corrected chi connectivity index (χ1v) is 7.37. The number of hydrogen-bond donors (Lipinski definition) is 1. The Bertz CT molecular complexity index is 467. The zero-order chi connectivity index (χ0) is 14.0. The zero-order valence-electron chi connectivity index (χ0n) is 11.3. The van der Waals surface area contributed by atoms with Gasteiger partial charge in [0.15, 0.2) is 0 Å². The lowest BCUT2D eigenvalue weighted by atomic mass is 9.87. The summed E-state index contributed by atoms with van der Waals surface area (Å²) in [6.07, 6.45) is 1.43. The van der Waals surface area contributed by atoms with Crippen LogP contribution < -0.4 is 0 Å². The molecule has 2 heterocycles. The van der Waals surface area contributed by atoms with Gasteiger partial charge in [-0.1, -0.05) is 6.07 Å². The number of thiophene rings is 1. The second-order valence-electron chi connectivity index (χ2n) is 5.53. The molecule has 1 amide bonds. The van der Waals surface area contributed by atoms with Crippen LogP contribution in [0.15, 0.2) is 17.5 Å². The van der Waals surface area contributed by atoms with Gasteiger partial charge in [-0.2, -0.15) is 0 Å². The standard InChI is InChI=1S/C14H19NO3S/c1-14(2,11-6-4-8-19-11)13(18)15-7-3-5-10(9-15)12(16)17/h4,6,8,10H,3,5,7,9H2,1-2H3,(H,16,17)/t10-/m1/s1. The van der Waals surface area contributed by atoms with E-state index in [-0.39, 0.29) is 5.91 Å². The Morgan fingerprint density at radius 2 is 2.21 bits per heavy atom. The summed E-state index contributed by atoms with van der Waals surface area (Å²) in [6, 6.07) is 3.90. The van der Waals surface area contributed by atoms with Gasteiger partial charge >= 0.3 is 5.97 Å². The summed E-state index contributed by atoms with van der Waals surface area (Å²) in [5.41, 5.74) is -0.575. The quantitative estimate of drug-likeness (QED) is 0.925. The van der Waals surface area contributed by atoms with E-state index < -0.39 is 17.3 Å². The molecule has 1 N–H and O–H groups in total. The van der Waals surface area contributed by atoms with Gasteiger partial charge in [0.1, 0.15) is 0 Å². The maximum absolute atomic E-state index is 12.6. The Kier molecular flexibility index (Phi) is 3.94. The summed E-state index contributed by atoms with van der Waals surface area (Å²) in [7, 11) is 0. The Balaban J connectivity index is 2.13. The van der Waals surface area contributed by atoms with Crippen molar-refractivity contribution in [3.05, 3.63) is 22.4 Å². The Morgan fingerprint density at radius 1 is 1.47 bits per heavy atom. The third kappa shape index (κ3) is 2.81. The van der Waals surface area contributed by atoms with Crippen molar-refractivity contribution in [1.29, 1.82) is 0 Å². The average molecular weight is 281 g/mol. The Hall–Kier alpha value is -1.36. The van der Waals surface area contributed by atoms with Crippen LogP contribution in [0.25, 0.3) is 0 Å². The highest BCUT2D eigenvalue weighted by molar-refractivity contribution is 7.10. The maximum atomic E-state index is 12.6. The SMILES string of the molecule is CC(C)(C(=O)N1CCC[C@@H](C(=O)O)C1)c1cccs1. The fourth-order valence-electron chi connectivity index (χ4n) is 2.50. The molecule has 4 nitrogen and oxygen atoms in total. The maximum Gasteiger partial charge on any atom is 0.308 e. The van der Waals surface area contributed by atoms with E-state index in [1.165, 1.54) is 0 Å². The first-order valence-electron chi connectivity index (χ1n) is 6.49. The van der Waals surface area contributed by atoms with Gasteiger partial charge in [0.2, 0.25) is 5.91 Å². The molecule has 0 unspecified atom stereocenters. The van der Waals surface area contributed by atoms with E-state index in [1.807, 2.05) is 31.4 Å². The smallest absolute Gasteiger partial charge is 0.308 e. The van der Waals surface area contributed by atoms with E-state index in [9.17, 15) is 9.59 Å². The number of carbonyl (C=O) groups excluding carboxylic acids is 1. The van der Waals surface area contributed by atoms with Crippen molar-refractivity contribution in [1.82, 2.24) is 4.90 Å². The molecule has 1 aliphatic rings. The van der Waals surface area contributed by atoms with Gasteiger partial charge in [0.05, 0.1) is 11.3 Å². The van der Waals surface area contributed by atoms with Crippen molar-refractivity contribution in [3.63, 3.8) is 0 Å². The summed E-state index contributed by atoms with van der Waals surface area (Å²) >= 11 is 1.57. The van der Waals surface area contributed by atoms with Gasteiger partial charge in [-0.3, -0.25) is 9.59 Å². The molecule has 0 aromatic carbocycles. The molecular weight excluding hydrogens is 262 g/mol. The van der Waals surface area contributed by atoms with Crippen LogP contribution in [0.5, 0.6) is 0 Å². The number of carbonyl (C=O) groups is 2. The minimum Gasteiger partial charge on any atom is -0.481 e. The molecule has 0 aliphatic carbocycles. The van der Waals surface area contributed by atoms with Crippen LogP contribution in [0.1, 0.15) is 31.6 Å². The van der Waals surface area contributed by atoms with Crippen LogP contribution in [-0.4, -0.2) is 35.0 Å². The zero-order valence-corrected chi connectivity index (χ0v) is 12.1. The molecule has 5 heteroatoms. The number of rotatable bonds is 3. The lowest BCUT2D eigenvalue weighted by Crippen LogP contribution is -2.48. The lowest BCUT2D eigenvalue weighted by Gasteiger charge is -2.36. The second-order valence-corrected chi connectivity index (χ2v) is 6.48. The van der Waals surface area contributed by atoms with Crippen LogP contribution in [0.2, 0.25) is 0 Å². The topological polar surface area (TPSA) is 57.6 Å². The molecule has 0 radical (unpaired) electrons. The number of carboxylic acid groups (broad SMARTS) is 1. The highest BCUT2D eigenvalue weighted by Gasteiger charge is 2.37. The van der Waals surface area contributed by atoms with Crippen LogP contribution in [0.3, 0.4) is 0 Å². The van der Waals surface area contributed by atoms with Gasteiger partial charge < -0.3 is 10.0 Å². The monoisotopic (exact) mass is 281 g/mol. The molecule has 1 atom stereocenters. The molecule has 1 aromatic heterocycles. The molecule has 0 saturated carbocycles. The van der Waals surface area contributed by atoms with Crippen LogP contribution in [0, 0.1) is 5.92 Å². The summed E-state index contributed by atoms with van der Waals surface area (Å²) in [6.45, 7) is 4.82. The predicted octanol–water partition coefficient (Wildman–Crippen LogP) is 2.35. The molecule has 19 heavy (non-hydrogen) atoms. The van der Waals surface area contributed by atoms with Crippen molar-refractivity contribution in [2.45, 2.75) is 32.1 Å². The molecule has 1 saturated heterocycles. The summed E-state index contributed by atoms with van der Waals surface area (Å²) in [5.74, 6) is -1.19. The molecule has 1 fully saturated rings. The van der Waals surface area contributed by atoms with Crippen LogP contribution in [0.4, 0.5) is 0 Å². The number of aliphatic carboxylic acids is 1. The molecule has 1 aliphatic heterocycles. The van der Waals surface area contributed by atoms with Crippen LogP contribution in [-0.2, 0) is 15.0 Å². The van der Waals surface area contributed by atoms with E-state index in [2.05, 4.69) is 0 Å². The largest absolute Gasteiger partial charge is 0.481 e. The van der Waals surface area contributed by atoms with Crippen molar-refractivity contribution >= 4 is 23.2 Å². The molecule has 0 bridgehead atoms. The first-order chi connectivity index (χ1) is 8.93. The van der Waals surface area contributed by atoms with Crippen molar-refractivity contribution in [2.24, 2.45) is 5.92 Å². The molecule has 0 spiro atoms. The normalized spacial score (nSPS) is 20.3. The van der Waals surface area contributed by atoms with E-state index in [0.29, 0.717) is 19.5 Å². The van der Waals surface area contributed by atoms with Gasteiger partial charge in [-0.15, -0.1) is 11.3 Å². The van der Waals surface area contributed by atoms with Crippen molar-refractivity contribution in [2.75, 3.05) is 13.1 Å². The van der Waals surface area contributed by atoms with Crippen molar-refractivity contribution in [3.8, 4) is 0 Å². The summed E-state index contributed by atoms with van der Waals surface area (Å²) in [5, 5.41) is 11.0. The van der Waals surface area contributed by atoms with Gasteiger partial charge in [-0.25, -0.2) is 0 Å². The Morgan fingerprint density at radius 3 is 2.79 bits per heavy atom. The predicted molar refractivity (Wildman–Crippen MR) is 74.3 cm³/mol. The lowest BCUT2D eigenvalue weighted by molar-refractivity contribution is -0.147. The van der Waals surface area contributed by atoms with E-state index in [4.69, 9.17) is 5.11 Å². The minimum absolute atomic E-state index is 0.0286. The third-order valence-corrected chi connectivity index (χ3v) is 4.92. The number of nitrogens with zero attached hydrogens (tertiary/aromatic N) is 1. The van der Waals surface area contributed by atoms with Crippen molar-refractivity contribution < 1.29 is 14.7 Å². The molecule has 104 valence electrons. The van der Waals surface area contributed by atoms with Gasteiger partial charge in [-0.05, 0) is 38.1 Å². The highest BCUT2D eigenvalue weighted by atomic mass is 32.1. The molecule has 1 aromatic rings. The van der Waals surface area contributed by atoms with Crippen LogP contribution >= 0.6 is 11.3 Å². The second kappa shape index (κ2) is 5.33. The fourth-order valence-corrected chi connectivity index (χ4v) is 3.34. The summed E-state index contributed by atoms with van der Waals surface area (Å²) < 4.78 is 0. The minimum atomic E-state index is -0.800. The number of carboxylic acids is 1. The Labute approximate surface area is 117 Å². The fraction of sp³-hybridized carbons (Fsp3) is 0.571.